The summed E-state index contributed by atoms with van der Waals surface area (Å²) in [5, 5.41) is 7.30. The molecule has 0 aliphatic carbocycles. The fourth-order valence-electron chi connectivity index (χ4n) is 2.84. The summed E-state index contributed by atoms with van der Waals surface area (Å²) in [7, 11) is -4.02. The highest BCUT2D eigenvalue weighted by Gasteiger charge is 2.30. The molecule has 1 atom stereocenters. The van der Waals surface area contributed by atoms with Crippen LogP contribution in [0.3, 0.4) is 0 Å². The van der Waals surface area contributed by atoms with Gasteiger partial charge in [-0.2, -0.15) is 4.98 Å². The van der Waals surface area contributed by atoms with E-state index in [1.807, 2.05) is 0 Å². The summed E-state index contributed by atoms with van der Waals surface area (Å²) in [6.45, 7) is 0. The molecule has 3 aromatic rings. The molecule has 0 radical (unpaired) electrons. The quantitative estimate of drug-likeness (QED) is 0.673. The zero-order valence-corrected chi connectivity index (χ0v) is 15.7. The third-order valence-electron chi connectivity index (χ3n) is 4.16. The Kier molecular flexibility index (Phi) is 4.52. The molecule has 1 amide bonds. The van der Waals surface area contributed by atoms with Crippen molar-refractivity contribution >= 4 is 39.4 Å². The van der Waals surface area contributed by atoms with Gasteiger partial charge in [-0.1, -0.05) is 23.7 Å². The van der Waals surface area contributed by atoms with Crippen molar-refractivity contribution < 1.29 is 17.6 Å². The zero-order valence-electron chi connectivity index (χ0n) is 14.1. The minimum atomic E-state index is -4.02. The van der Waals surface area contributed by atoms with E-state index in [0.717, 1.165) is 29.8 Å². The van der Waals surface area contributed by atoms with Crippen molar-refractivity contribution in [2.45, 2.75) is 17.4 Å². The summed E-state index contributed by atoms with van der Waals surface area (Å²) >= 11 is 5.91. The average Bonchev–Trinajstić information content (AvgIpc) is 3.03. The number of hydrogen-bond donors (Lipinski definition) is 2. The molecule has 4 rings (SSSR count). The predicted molar refractivity (Wildman–Crippen MR) is 100 cm³/mol. The lowest BCUT2D eigenvalue weighted by molar-refractivity contribution is -0.117. The molecule has 2 aromatic carbocycles. The Hall–Kier alpha value is -2.98. The molecule has 144 valence electrons. The zero-order chi connectivity index (χ0) is 19.9. The molecule has 8 nitrogen and oxygen atoms in total. The van der Waals surface area contributed by atoms with Gasteiger partial charge >= 0.3 is 0 Å². The normalized spacial score (nSPS) is 16.4. The van der Waals surface area contributed by atoms with Crippen LogP contribution in [-0.2, 0) is 14.8 Å². The minimum absolute atomic E-state index is 0.113. The summed E-state index contributed by atoms with van der Waals surface area (Å²) in [4.78, 5) is 15.9. The van der Waals surface area contributed by atoms with Crippen molar-refractivity contribution in [1.29, 1.82) is 0 Å². The van der Waals surface area contributed by atoms with E-state index in [-0.39, 0.29) is 29.1 Å². The molecule has 2 heterocycles. The van der Waals surface area contributed by atoms with E-state index in [0.29, 0.717) is 5.02 Å². The Labute approximate surface area is 164 Å². The van der Waals surface area contributed by atoms with E-state index in [4.69, 9.17) is 11.6 Å². The Morgan fingerprint density at radius 1 is 1.14 bits per heavy atom. The third-order valence-corrected chi connectivity index (χ3v) is 5.76. The maximum atomic E-state index is 13.0. The van der Waals surface area contributed by atoms with Gasteiger partial charge in [0.2, 0.25) is 11.9 Å². The first-order valence-electron chi connectivity index (χ1n) is 8.12. The molecule has 0 unspecified atom stereocenters. The van der Waals surface area contributed by atoms with E-state index < -0.39 is 21.9 Å². The number of rotatable bonds is 4. The molecule has 2 N–H and O–H groups in total. The third kappa shape index (κ3) is 3.56. The van der Waals surface area contributed by atoms with Crippen molar-refractivity contribution in [2.24, 2.45) is 0 Å². The first-order chi connectivity index (χ1) is 13.3. The van der Waals surface area contributed by atoms with Gasteiger partial charge in [-0.3, -0.25) is 10.1 Å². The second-order valence-corrected chi connectivity index (χ2v) is 8.20. The second-order valence-electron chi connectivity index (χ2n) is 6.08. The van der Waals surface area contributed by atoms with Crippen molar-refractivity contribution in [1.82, 2.24) is 14.8 Å². The Bertz CT molecular complexity index is 1150. The summed E-state index contributed by atoms with van der Waals surface area (Å²) in [6, 6.07) is 10.8. The van der Waals surface area contributed by atoms with E-state index >= 15 is 0 Å². The molecule has 28 heavy (non-hydrogen) atoms. The van der Waals surface area contributed by atoms with Crippen LogP contribution in [-0.4, -0.2) is 29.1 Å². The van der Waals surface area contributed by atoms with Gasteiger partial charge in [0.05, 0.1) is 17.4 Å². The van der Waals surface area contributed by atoms with Crippen LogP contribution in [0.4, 0.5) is 16.3 Å². The van der Waals surface area contributed by atoms with Crippen molar-refractivity contribution in [3.8, 4) is 0 Å². The highest BCUT2D eigenvalue weighted by Crippen LogP contribution is 2.30. The van der Waals surface area contributed by atoms with Gasteiger partial charge in [0.25, 0.3) is 16.0 Å². The summed E-state index contributed by atoms with van der Waals surface area (Å²) in [5.41, 5.74) is 0.776. The standard InChI is InChI=1S/C17H13ClFN5O3S/c18-11-3-1-10(2-4-11)14-9-15(25)20-17-21-16(22-24(14)17)23-28(26,27)13-7-5-12(19)6-8-13/h1-8,14H,9H2,(H2,20,21,22,23,25)/t14-/m1/s1. The smallest absolute Gasteiger partial charge is 0.264 e. The fourth-order valence-corrected chi connectivity index (χ4v) is 3.91. The molecule has 1 aliphatic heterocycles. The van der Waals surface area contributed by atoms with Crippen LogP contribution in [0.5, 0.6) is 0 Å². The molecule has 1 aliphatic rings. The maximum absolute atomic E-state index is 13.0. The predicted octanol–water partition coefficient (Wildman–Crippen LogP) is 2.80. The van der Waals surface area contributed by atoms with Crippen molar-refractivity contribution in [3.63, 3.8) is 0 Å². The number of fused-ring (bicyclic) bond motifs is 1. The van der Waals surface area contributed by atoms with Gasteiger partial charge in [0, 0.05) is 5.02 Å². The fraction of sp³-hybridized carbons (Fsp3) is 0.118. The van der Waals surface area contributed by atoms with Crippen molar-refractivity contribution in [3.05, 3.63) is 64.9 Å². The number of amides is 1. The molecule has 0 fully saturated rings. The Balaban J connectivity index is 1.67. The van der Waals surface area contributed by atoms with Crippen LogP contribution in [0.1, 0.15) is 18.0 Å². The highest BCUT2D eigenvalue weighted by molar-refractivity contribution is 7.92. The first-order valence-corrected chi connectivity index (χ1v) is 9.98. The minimum Gasteiger partial charge on any atom is -0.295 e. The van der Waals surface area contributed by atoms with Crippen molar-refractivity contribution in [2.75, 3.05) is 10.0 Å². The van der Waals surface area contributed by atoms with Crippen LogP contribution in [0.2, 0.25) is 5.02 Å². The molecular formula is C17H13ClFN5O3S. The summed E-state index contributed by atoms with van der Waals surface area (Å²) in [5.74, 6) is -0.913. The number of carbonyl (C=O) groups is 1. The topological polar surface area (TPSA) is 106 Å². The number of aromatic nitrogens is 3. The van der Waals surface area contributed by atoms with Gasteiger partial charge in [-0.05, 0) is 42.0 Å². The summed E-state index contributed by atoms with van der Waals surface area (Å²) < 4.78 is 41.6. The van der Waals surface area contributed by atoms with Crippen LogP contribution >= 0.6 is 11.6 Å². The van der Waals surface area contributed by atoms with E-state index in [9.17, 15) is 17.6 Å². The lowest BCUT2D eigenvalue weighted by Crippen LogP contribution is -2.29. The molecule has 1 aromatic heterocycles. The molecule has 0 spiro atoms. The maximum Gasteiger partial charge on any atom is 0.264 e. The van der Waals surface area contributed by atoms with Gasteiger partial charge in [0.15, 0.2) is 0 Å². The largest absolute Gasteiger partial charge is 0.295 e. The molecule has 11 heteroatoms. The number of anilines is 2. The van der Waals surface area contributed by atoms with Crippen LogP contribution in [0.25, 0.3) is 0 Å². The van der Waals surface area contributed by atoms with E-state index in [1.54, 1.807) is 24.3 Å². The average molecular weight is 422 g/mol. The van der Waals surface area contributed by atoms with Gasteiger partial charge < -0.3 is 0 Å². The second kappa shape index (κ2) is 6.88. The van der Waals surface area contributed by atoms with E-state index in [1.165, 1.54) is 4.68 Å². The summed E-state index contributed by atoms with van der Waals surface area (Å²) in [6.07, 6.45) is 0.113. The molecule has 0 saturated carbocycles. The SMILES string of the molecule is O=C1C[C@H](c2ccc(Cl)cc2)n2nc(NS(=O)(=O)c3ccc(F)cc3)nc2N1. The van der Waals surface area contributed by atoms with Gasteiger partial charge in [0.1, 0.15) is 5.82 Å². The number of benzene rings is 2. The van der Waals surface area contributed by atoms with Crippen LogP contribution in [0, 0.1) is 5.82 Å². The van der Waals surface area contributed by atoms with E-state index in [2.05, 4.69) is 20.1 Å². The first kappa shape index (κ1) is 18.4. The Morgan fingerprint density at radius 3 is 2.50 bits per heavy atom. The molecule has 0 saturated heterocycles. The number of halogens is 2. The number of nitrogens with one attached hydrogen (secondary N) is 2. The van der Waals surface area contributed by atoms with Crippen LogP contribution < -0.4 is 10.0 Å². The number of hydrogen-bond acceptors (Lipinski definition) is 5. The number of carbonyl (C=O) groups excluding carboxylic acids is 1. The molecular weight excluding hydrogens is 409 g/mol. The Morgan fingerprint density at radius 2 is 1.82 bits per heavy atom. The monoisotopic (exact) mass is 421 g/mol. The van der Waals surface area contributed by atoms with Gasteiger partial charge in [-0.15, -0.1) is 5.10 Å². The molecule has 0 bridgehead atoms. The van der Waals surface area contributed by atoms with Gasteiger partial charge in [-0.25, -0.2) is 22.2 Å². The van der Waals surface area contributed by atoms with Crippen LogP contribution in [0.15, 0.2) is 53.4 Å². The highest BCUT2D eigenvalue weighted by atomic mass is 35.5. The number of sulfonamides is 1. The lowest BCUT2D eigenvalue weighted by atomic mass is 10.0. The lowest BCUT2D eigenvalue weighted by Gasteiger charge is -2.23. The number of nitrogens with zero attached hydrogens (tertiary/aromatic N) is 3.